The van der Waals surface area contributed by atoms with E-state index in [9.17, 15) is 0 Å². The van der Waals surface area contributed by atoms with Crippen molar-refractivity contribution in [3.8, 4) is 0 Å². The Hall–Kier alpha value is -0.410. The van der Waals surface area contributed by atoms with Crippen molar-refractivity contribution in [3.05, 3.63) is 16.1 Å². The van der Waals surface area contributed by atoms with E-state index < -0.39 is 0 Å². The van der Waals surface area contributed by atoms with Gasteiger partial charge in [0.1, 0.15) is 0 Å². The summed E-state index contributed by atoms with van der Waals surface area (Å²) in [5, 5.41) is 3.41. The quantitative estimate of drug-likeness (QED) is 0.854. The third kappa shape index (κ3) is 2.79. The fraction of sp³-hybridized carbons (Fsp3) is 0.750. The van der Waals surface area contributed by atoms with E-state index in [1.165, 1.54) is 29.8 Å². The Morgan fingerprint density at radius 1 is 1.47 bits per heavy atom. The van der Waals surface area contributed by atoms with Gasteiger partial charge in [-0.25, -0.2) is 4.98 Å². The second-order valence-electron chi connectivity index (χ2n) is 4.78. The maximum Gasteiger partial charge on any atom is 0.0797 e. The molecule has 0 bridgehead atoms. The van der Waals surface area contributed by atoms with E-state index in [-0.39, 0.29) is 0 Å². The van der Waals surface area contributed by atoms with Gasteiger partial charge >= 0.3 is 0 Å². The highest BCUT2D eigenvalue weighted by molar-refractivity contribution is 7.09. The molecule has 2 heterocycles. The fourth-order valence-corrected chi connectivity index (χ4v) is 3.29. The molecule has 15 heavy (non-hydrogen) atoms. The zero-order valence-corrected chi connectivity index (χ0v) is 10.4. The Bertz CT molecular complexity index is 300. The van der Waals surface area contributed by atoms with Crippen molar-refractivity contribution in [3.63, 3.8) is 0 Å². The van der Waals surface area contributed by atoms with Crippen LogP contribution in [-0.4, -0.2) is 18.1 Å². The fourth-order valence-electron chi connectivity index (χ4n) is 2.23. The molecule has 2 nitrogen and oxygen atoms in total. The van der Waals surface area contributed by atoms with Gasteiger partial charge in [-0.1, -0.05) is 13.8 Å². The van der Waals surface area contributed by atoms with Crippen LogP contribution in [0.15, 0.2) is 5.51 Å². The smallest absolute Gasteiger partial charge is 0.0797 e. The number of nitrogens with one attached hydrogen (secondary N) is 1. The number of hydrogen-bond acceptors (Lipinski definition) is 3. The van der Waals surface area contributed by atoms with Crippen molar-refractivity contribution in [2.75, 3.05) is 13.1 Å². The van der Waals surface area contributed by atoms with Gasteiger partial charge in [0, 0.05) is 10.8 Å². The van der Waals surface area contributed by atoms with E-state index in [2.05, 4.69) is 24.1 Å². The minimum Gasteiger partial charge on any atom is -0.317 e. The van der Waals surface area contributed by atoms with Crippen LogP contribution in [0.3, 0.4) is 0 Å². The zero-order valence-electron chi connectivity index (χ0n) is 9.62. The van der Waals surface area contributed by atoms with Crippen molar-refractivity contribution in [2.45, 2.75) is 39.0 Å². The predicted octanol–water partition coefficient (Wildman–Crippen LogP) is 2.81. The Kier molecular flexibility index (Phi) is 3.76. The lowest BCUT2D eigenvalue weighted by atomic mass is 9.92. The molecule has 3 heteroatoms. The second kappa shape index (κ2) is 5.08. The molecule has 0 spiro atoms. The van der Waals surface area contributed by atoms with E-state index in [0.717, 1.165) is 19.0 Å². The van der Waals surface area contributed by atoms with Crippen LogP contribution in [0.4, 0.5) is 0 Å². The molecule has 1 aromatic heterocycles. The number of thiazole rings is 1. The van der Waals surface area contributed by atoms with E-state index in [4.69, 9.17) is 0 Å². The van der Waals surface area contributed by atoms with Gasteiger partial charge in [0.05, 0.1) is 11.2 Å². The summed E-state index contributed by atoms with van der Waals surface area (Å²) in [6.07, 6.45) is 3.72. The topological polar surface area (TPSA) is 24.9 Å². The Balaban J connectivity index is 2.09. The van der Waals surface area contributed by atoms with Gasteiger partial charge in [-0.05, 0) is 38.3 Å². The molecule has 1 N–H and O–H groups in total. The molecule has 1 saturated heterocycles. The number of piperidine rings is 1. The van der Waals surface area contributed by atoms with Crippen molar-refractivity contribution in [1.82, 2.24) is 10.3 Å². The third-order valence-corrected chi connectivity index (χ3v) is 3.86. The van der Waals surface area contributed by atoms with Gasteiger partial charge in [0.2, 0.25) is 0 Å². The number of nitrogens with zero attached hydrogens (tertiary/aromatic N) is 1. The molecule has 1 aliphatic heterocycles. The van der Waals surface area contributed by atoms with Crippen LogP contribution in [0.1, 0.15) is 43.2 Å². The lowest BCUT2D eigenvalue weighted by Crippen LogP contribution is -2.27. The van der Waals surface area contributed by atoms with Crippen molar-refractivity contribution in [2.24, 2.45) is 5.92 Å². The van der Waals surface area contributed by atoms with E-state index >= 15 is 0 Å². The summed E-state index contributed by atoms with van der Waals surface area (Å²) in [5.41, 5.74) is 3.42. The molecule has 0 aliphatic carbocycles. The van der Waals surface area contributed by atoms with Gasteiger partial charge in [-0.3, -0.25) is 0 Å². The van der Waals surface area contributed by atoms with Crippen molar-refractivity contribution < 1.29 is 0 Å². The molecular weight excluding hydrogens is 204 g/mol. The summed E-state index contributed by atoms with van der Waals surface area (Å²) in [6, 6.07) is 0. The Morgan fingerprint density at radius 2 is 2.20 bits per heavy atom. The maximum atomic E-state index is 4.58. The number of hydrogen-bond donors (Lipinski definition) is 1. The first-order chi connectivity index (χ1) is 7.27. The first-order valence-corrected chi connectivity index (χ1v) is 6.78. The summed E-state index contributed by atoms with van der Waals surface area (Å²) < 4.78 is 0. The minimum absolute atomic E-state index is 0.714. The van der Waals surface area contributed by atoms with Gasteiger partial charge in [-0.2, -0.15) is 0 Å². The molecule has 1 aliphatic rings. The molecule has 1 aromatic rings. The van der Waals surface area contributed by atoms with Gasteiger partial charge < -0.3 is 5.32 Å². The molecule has 0 amide bonds. The number of aromatic nitrogens is 1. The Labute approximate surface area is 96.1 Å². The van der Waals surface area contributed by atoms with Gasteiger partial charge in [-0.15, -0.1) is 11.3 Å². The first-order valence-electron chi connectivity index (χ1n) is 5.90. The Morgan fingerprint density at radius 3 is 2.87 bits per heavy atom. The van der Waals surface area contributed by atoms with Gasteiger partial charge in [0.15, 0.2) is 0 Å². The molecule has 2 rings (SSSR count). The molecule has 0 unspecified atom stereocenters. The normalized spacial score (nSPS) is 18.6. The molecule has 0 radical (unpaired) electrons. The molecule has 0 aromatic carbocycles. The van der Waals surface area contributed by atoms with Crippen LogP contribution < -0.4 is 5.32 Å². The SMILES string of the molecule is CC(C)Cc1scnc1C1CCNCC1. The first kappa shape index (κ1) is 11.1. The monoisotopic (exact) mass is 224 g/mol. The van der Waals surface area contributed by atoms with E-state index in [1.54, 1.807) is 0 Å². The minimum atomic E-state index is 0.714. The third-order valence-electron chi connectivity index (χ3n) is 2.99. The number of rotatable bonds is 3. The van der Waals surface area contributed by atoms with Crippen molar-refractivity contribution in [1.29, 1.82) is 0 Å². The highest BCUT2D eigenvalue weighted by atomic mass is 32.1. The average Bonchev–Trinajstić information content (AvgIpc) is 2.66. The lowest BCUT2D eigenvalue weighted by molar-refractivity contribution is 0.451. The van der Waals surface area contributed by atoms with Crippen LogP contribution in [-0.2, 0) is 6.42 Å². The maximum absolute atomic E-state index is 4.58. The predicted molar refractivity (Wildman–Crippen MR) is 65.5 cm³/mol. The van der Waals surface area contributed by atoms with Crippen LogP contribution in [0.25, 0.3) is 0 Å². The summed E-state index contributed by atoms with van der Waals surface area (Å²) in [4.78, 5) is 6.11. The standard InChI is InChI=1S/C12H20N2S/c1-9(2)7-11-12(14-8-15-11)10-3-5-13-6-4-10/h8-10,13H,3-7H2,1-2H3. The van der Waals surface area contributed by atoms with Gasteiger partial charge in [0.25, 0.3) is 0 Å². The van der Waals surface area contributed by atoms with Crippen LogP contribution in [0, 0.1) is 5.92 Å². The summed E-state index contributed by atoms with van der Waals surface area (Å²) in [7, 11) is 0. The molecule has 84 valence electrons. The van der Waals surface area contributed by atoms with Crippen LogP contribution >= 0.6 is 11.3 Å². The molecule has 1 fully saturated rings. The lowest BCUT2D eigenvalue weighted by Gasteiger charge is -2.22. The van der Waals surface area contributed by atoms with Crippen molar-refractivity contribution >= 4 is 11.3 Å². The molecular formula is C12H20N2S. The molecule has 0 saturated carbocycles. The summed E-state index contributed by atoms with van der Waals surface area (Å²) >= 11 is 1.84. The van der Waals surface area contributed by atoms with Crippen LogP contribution in [0.5, 0.6) is 0 Å². The zero-order chi connectivity index (χ0) is 10.7. The average molecular weight is 224 g/mol. The second-order valence-corrected chi connectivity index (χ2v) is 5.72. The van der Waals surface area contributed by atoms with E-state index in [1.807, 2.05) is 16.8 Å². The highest BCUT2D eigenvalue weighted by Gasteiger charge is 2.20. The molecule has 0 atom stereocenters. The van der Waals surface area contributed by atoms with E-state index in [0.29, 0.717) is 5.92 Å². The summed E-state index contributed by atoms with van der Waals surface area (Å²) in [5.74, 6) is 1.46. The largest absolute Gasteiger partial charge is 0.317 e. The summed E-state index contributed by atoms with van der Waals surface area (Å²) in [6.45, 7) is 6.88. The van der Waals surface area contributed by atoms with Crippen LogP contribution in [0.2, 0.25) is 0 Å². The highest BCUT2D eigenvalue weighted by Crippen LogP contribution is 2.30.